The van der Waals surface area contributed by atoms with Gasteiger partial charge >= 0.3 is 5.97 Å². The van der Waals surface area contributed by atoms with Crippen LogP contribution in [0, 0.1) is 0 Å². The number of rotatable bonds is 4. The smallest absolute Gasteiger partial charge is 0.338 e. The number of hydrogen-bond acceptors (Lipinski definition) is 5. The van der Waals surface area contributed by atoms with Crippen LogP contribution < -0.4 is 0 Å². The number of methoxy groups -OCH3 is 1. The van der Waals surface area contributed by atoms with Crippen LogP contribution in [0.2, 0.25) is 0 Å². The first kappa shape index (κ1) is 15.4. The van der Waals surface area contributed by atoms with Crippen molar-refractivity contribution in [1.82, 2.24) is 0 Å². The quantitative estimate of drug-likeness (QED) is 0.665. The average Bonchev–Trinajstić information content (AvgIpc) is 2.49. The van der Waals surface area contributed by atoms with Gasteiger partial charge in [-0.25, -0.2) is 4.79 Å². The molecule has 0 spiro atoms. The lowest BCUT2D eigenvalue weighted by Crippen LogP contribution is -2.51. The van der Waals surface area contributed by atoms with Crippen LogP contribution in [0.25, 0.3) is 0 Å². The third kappa shape index (κ3) is 3.58. The van der Waals surface area contributed by atoms with Gasteiger partial charge in [0.1, 0.15) is 6.10 Å². The molecule has 1 saturated heterocycles. The fraction of sp³-hybridized carbons (Fsp3) is 0.500. The number of alkyl halides is 1. The van der Waals surface area contributed by atoms with Crippen LogP contribution >= 0.6 is 15.9 Å². The van der Waals surface area contributed by atoms with E-state index < -0.39 is 30.6 Å². The van der Waals surface area contributed by atoms with Gasteiger partial charge in [0.2, 0.25) is 0 Å². The van der Waals surface area contributed by atoms with Crippen molar-refractivity contribution >= 4 is 21.9 Å². The minimum absolute atomic E-state index is 0.271. The number of aliphatic hydroxyl groups is 1. The first-order chi connectivity index (χ1) is 9.65. The van der Waals surface area contributed by atoms with Gasteiger partial charge in [0.25, 0.3) is 0 Å². The number of hydrogen-bond donors (Lipinski definition) is 1. The molecule has 1 aromatic carbocycles. The Morgan fingerprint density at radius 1 is 1.45 bits per heavy atom. The van der Waals surface area contributed by atoms with Crippen molar-refractivity contribution in [3.63, 3.8) is 0 Å². The van der Waals surface area contributed by atoms with Crippen molar-refractivity contribution < 1.29 is 24.1 Å². The fourth-order valence-corrected chi connectivity index (χ4v) is 2.62. The van der Waals surface area contributed by atoms with Gasteiger partial charge in [0.15, 0.2) is 12.4 Å². The maximum atomic E-state index is 12.0. The van der Waals surface area contributed by atoms with E-state index in [1.807, 2.05) is 6.07 Å². The predicted octanol–water partition coefficient (Wildman–Crippen LogP) is 1.73. The number of halogens is 1. The summed E-state index contributed by atoms with van der Waals surface area (Å²) in [5.74, 6) is -0.472. The molecule has 20 heavy (non-hydrogen) atoms. The van der Waals surface area contributed by atoms with Crippen molar-refractivity contribution in [2.75, 3.05) is 12.4 Å². The summed E-state index contributed by atoms with van der Waals surface area (Å²) < 4.78 is 16.1. The zero-order valence-electron chi connectivity index (χ0n) is 11.1. The van der Waals surface area contributed by atoms with Gasteiger partial charge in [-0.05, 0) is 12.1 Å². The Labute approximate surface area is 126 Å². The fourth-order valence-electron chi connectivity index (χ4n) is 2.10. The summed E-state index contributed by atoms with van der Waals surface area (Å²) in [4.78, 5) is 12.0. The molecule has 1 fully saturated rings. The van der Waals surface area contributed by atoms with E-state index in [1.54, 1.807) is 24.3 Å². The van der Waals surface area contributed by atoms with Crippen LogP contribution in [0.15, 0.2) is 30.3 Å². The number of benzene rings is 1. The van der Waals surface area contributed by atoms with Crippen molar-refractivity contribution in [1.29, 1.82) is 0 Å². The number of carbonyl (C=O) groups is 1. The van der Waals surface area contributed by atoms with E-state index in [0.717, 1.165) is 0 Å². The van der Waals surface area contributed by atoms with E-state index in [0.29, 0.717) is 10.9 Å². The van der Waals surface area contributed by atoms with Gasteiger partial charge in [-0.2, -0.15) is 0 Å². The van der Waals surface area contributed by atoms with E-state index in [4.69, 9.17) is 14.2 Å². The molecule has 1 N–H and O–H groups in total. The summed E-state index contributed by atoms with van der Waals surface area (Å²) in [6.45, 7) is 0. The lowest BCUT2D eigenvalue weighted by Gasteiger charge is -2.37. The number of carbonyl (C=O) groups excluding carboxylic acids is 1. The molecule has 110 valence electrons. The SMILES string of the molecule is CO[C@@H]1C[C@H](O)[C@H](OC(=O)c2ccccc2)[C@@H](CBr)O1. The molecular formula is C14H17BrO5. The number of esters is 1. The Morgan fingerprint density at radius 3 is 2.75 bits per heavy atom. The zero-order valence-corrected chi connectivity index (χ0v) is 12.7. The molecule has 1 aliphatic heterocycles. The van der Waals surface area contributed by atoms with Gasteiger partial charge in [0, 0.05) is 18.9 Å². The third-order valence-corrected chi connectivity index (χ3v) is 3.81. The maximum Gasteiger partial charge on any atom is 0.338 e. The molecule has 5 nitrogen and oxygen atoms in total. The highest BCUT2D eigenvalue weighted by atomic mass is 79.9. The van der Waals surface area contributed by atoms with E-state index in [9.17, 15) is 9.90 Å². The molecule has 1 heterocycles. The van der Waals surface area contributed by atoms with Crippen LogP contribution in [0.4, 0.5) is 0 Å². The minimum Gasteiger partial charge on any atom is -0.453 e. The number of ether oxygens (including phenoxy) is 3. The standard InChI is InChI=1S/C14H17BrO5/c1-18-12-7-10(16)13(11(8-15)19-12)20-14(17)9-5-3-2-4-6-9/h2-6,10-13,16H,7-8H2,1H3/t10-,11+,12-,13-/m0/s1. The van der Waals surface area contributed by atoms with Gasteiger partial charge in [-0.1, -0.05) is 34.1 Å². The summed E-state index contributed by atoms with van der Waals surface area (Å²) in [6.07, 6.45) is -2.19. The van der Waals surface area contributed by atoms with Crippen LogP contribution in [0.5, 0.6) is 0 Å². The first-order valence-corrected chi connectivity index (χ1v) is 7.46. The van der Waals surface area contributed by atoms with Crippen LogP contribution in [0.1, 0.15) is 16.8 Å². The molecular weight excluding hydrogens is 328 g/mol. The highest BCUT2D eigenvalue weighted by Crippen LogP contribution is 2.25. The molecule has 1 aromatic rings. The second-order valence-electron chi connectivity index (χ2n) is 4.53. The molecule has 0 amide bonds. The molecule has 0 unspecified atom stereocenters. The molecule has 0 bridgehead atoms. The van der Waals surface area contributed by atoms with Crippen molar-refractivity contribution in [2.45, 2.75) is 31.0 Å². The molecule has 6 heteroatoms. The second-order valence-corrected chi connectivity index (χ2v) is 5.18. The number of aliphatic hydroxyl groups excluding tert-OH is 1. The van der Waals surface area contributed by atoms with Crippen molar-refractivity contribution in [3.8, 4) is 0 Å². The highest BCUT2D eigenvalue weighted by Gasteiger charge is 2.40. The Morgan fingerprint density at radius 2 is 2.15 bits per heavy atom. The van der Waals surface area contributed by atoms with Crippen molar-refractivity contribution in [2.24, 2.45) is 0 Å². The molecule has 2 rings (SSSR count). The minimum atomic E-state index is -0.816. The summed E-state index contributed by atoms with van der Waals surface area (Å²) in [5, 5.41) is 10.6. The molecule has 1 aliphatic rings. The van der Waals surface area contributed by atoms with Gasteiger partial charge in [0.05, 0.1) is 11.7 Å². The Balaban J connectivity index is 2.05. The average molecular weight is 345 g/mol. The normalized spacial score (nSPS) is 29.9. The van der Waals surface area contributed by atoms with Crippen molar-refractivity contribution in [3.05, 3.63) is 35.9 Å². The topological polar surface area (TPSA) is 65.0 Å². The first-order valence-electron chi connectivity index (χ1n) is 6.34. The summed E-state index contributed by atoms with van der Waals surface area (Å²) in [5.41, 5.74) is 0.446. The highest BCUT2D eigenvalue weighted by molar-refractivity contribution is 9.09. The lowest BCUT2D eigenvalue weighted by atomic mass is 10.0. The Hall–Kier alpha value is -0.950. The molecule has 0 aliphatic carbocycles. The van der Waals surface area contributed by atoms with Gasteiger partial charge in [-0.3, -0.25) is 0 Å². The summed E-state index contributed by atoms with van der Waals surface area (Å²) in [6, 6.07) is 8.67. The summed E-state index contributed by atoms with van der Waals surface area (Å²) >= 11 is 3.30. The Kier molecular flexibility index (Phi) is 5.54. The van der Waals surface area contributed by atoms with E-state index in [-0.39, 0.29) is 6.42 Å². The largest absolute Gasteiger partial charge is 0.453 e. The van der Waals surface area contributed by atoms with Crippen LogP contribution in [0.3, 0.4) is 0 Å². The van der Waals surface area contributed by atoms with Gasteiger partial charge < -0.3 is 19.3 Å². The zero-order chi connectivity index (χ0) is 14.5. The summed E-state index contributed by atoms with van der Waals surface area (Å²) in [7, 11) is 1.51. The maximum absolute atomic E-state index is 12.0. The monoisotopic (exact) mass is 344 g/mol. The predicted molar refractivity (Wildman–Crippen MR) is 75.7 cm³/mol. The van der Waals surface area contributed by atoms with Gasteiger partial charge in [-0.15, -0.1) is 0 Å². The molecule has 0 saturated carbocycles. The lowest BCUT2D eigenvalue weighted by molar-refractivity contribution is -0.235. The van der Waals surface area contributed by atoms with Crippen LogP contribution in [-0.4, -0.2) is 48.1 Å². The molecule has 0 radical (unpaired) electrons. The third-order valence-electron chi connectivity index (χ3n) is 3.17. The van der Waals surface area contributed by atoms with E-state index in [1.165, 1.54) is 7.11 Å². The molecule has 0 aromatic heterocycles. The Bertz CT molecular complexity index is 438. The molecule has 4 atom stereocenters. The van der Waals surface area contributed by atoms with E-state index in [2.05, 4.69) is 15.9 Å². The van der Waals surface area contributed by atoms with Crippen LogP contribution in [-0.2, 0) is 14.2 Å². The second kappa shape index (κ2) is 7.17. The van der Waals surface area contributed by atoms with E-state index >= 15 is 0 Å².